The first kappa shape index (κ1) is 11.8. The fraction of sp³-hybridized carbons (Fsp3) is 0.400. The molecule has 0 aromatic heterocycles. The molecule has 1 unspecified atom stereocenters. The van der Waals surface area contributed by atoms with E-state index in [4.69, 9.17) is 16.3 Å². The minimum Gasteiger partial charge on any atom is -0.383 e. The Kier molecular flexibility index (Phi) is 4.72. The summed E-state index contributed by atoms with van der Waals surface area (Å²) in [5, 5.41) is 4.01. The van der Waals surface area contributed by atoms with E-state index in [9.17, 15) is 0 Å². The van der Waals surface area contributed by atoms with Gasteiger partial charge in [0.1, 0.15) is 0 Å². The highest BCUT2D eigenvalue weighted by molar-refractivity contribution is 9.10. The van der Waals surface area contributed by atoms with Gasteiger partial charge in [0.05, 0.1) is 11.6 Å². The predicted octanol–water partition coefficient (Wildman–Crippen LogP) is 3.55. The maximum Gasteiger partial charge on any atom is 0.0661 e. The van der Waals surface area contributed by atoms with Gasteiger partial charge < -0.3 is 10.1 Å². The van der Waals surface area contributed by atoms with Crippen LogP contribution in [0.25, 0.3) is 0 Å². The van der Waals surface area contributed by atoms with Crippen LogP contribution in [-0.2, 0) is 4.74 Å². The van der Waals surface area contributed by atoms with Crippen LogP contribution in [0.15, 0.2) is 22.7 Å². The van der Waals surface area contributed by atoms with E-state index in [-0.39, 0.29) is 6.04 Å². The first-order valence-electron chi connectivity index (χ1n) is 4.34. The molecule has 0 saturated carbocycles. The summed E-state index contributed by atoms with van der Waals surface area (Å²) in [6, 6.07) is 6.04. The molecule has 0 bridgehead atoms. The van der Waals surface area contributed by atoms with Crippen molar-refractivity contribution in [3.05, 3.63) is 27.7 Å². The fourth-order valence-electron chi connectivity index (χ4n) is 1.16. The highest BCUT2D eigenvalue weighted by atomic mass is 79.9. The number of rotatable bonds is 4. The predicted molar refractivity (Wildman–Crippen MR) is 64.1 cm³/mol. The van der Waals surface area contributed by atoms with E-state index in [1.165, 1.54) is 0 Å². The third-order valence-electron chi connectivity index (χ3n) is 1.75. The quantitative estimate of drug-likeness (QED) is 0.909. The molecule has 14 heavy (non-hydrogen) atoms. The van der Waals surface area contributed by atoms with E-state index >= 15 is 0 Å². The van der Waals surface area contributed by atoms with Crippen LogP contribution in [0.2, 0.25) is 5.02 Å². The Hall–Kier alpha value is -0.250. The monoisotopic (exact) mass is 277 g/mol. The van der Waals surface area contributed by atoms with E-state index < -0.39 is 0 Å². The zero-order valence-electron chi connectivity index (χ0n) is 8.18. The molecule has 1 aromatic rings. The van der Waals surface area contributed by atoms with Crippen LogP contribution >= 0.6 is 27.5 Å². The molecule has 1 atom stereocenters. The van der Waals surface area contributed by atoms with Crippen molar-refractivity contribution in [1.82, 2.24) is 0 Å². The summed E-state index contributed by atoms with van der Waals surface area (Å²) < 4.78 is 5.93. The van der Waals surface area contributed by atoms with Crippen molar-refractivity contribution < 1.29 is 4.74 Å². The van der Waals surface area contributed by atoms with Gasteiger partial charge in [0.2, 0.25) is 0 Å². The second-order valence-electron chi connectivity index (χ2n) is 3.13. The second-order valence-corrected chi connectivity index (χ2v) is 4.39. The van der Waals surface area contributed by atoms with E-state index in [2.05, 4.69) is 28.2 Å². The SMILES string of the molecule is COCC(C)Nc1ccc(Cl)c(Br)c1. The normalized spacial score (nSPS) is 12.6. The second kappa shape index (κ2) is 5.59. The number of hydrogen-bond donors (Lipinski definition) is 1. The van der Waals surface area contributed by atoms with Gasteiger partial charge in [-0.2, -0.15) is 0 Å². The van der Waals surface area contributed by atoms with Gasteiger partial charge >= 0.3 is 0 Å². The van der Waals surface area contributed by atoms with Crippen molar-refractivity contribution in [2.24, 2.45) is 0 Å². The lowest BCUT2D eigenvalue weighted by Crippen LogP contribution is -2.20. The Bertz CT molecular complexity index is 306. The zero-order chi connectivity index (χ0) is 10.6. The first-order valence-corrected chi connectivity index (χ1v) is 5.51. The Morgan fingerprint density at radius 2 is 2.29 bits per heavy atom. The van der Waals surface area contributed by atoms with Crippen molar-refractivity contribution in [1.29, 1.82) is 0 Å². The van der Waals surface area contributed by atoms with E-state index in [0.717, 1.165) is 15.2 Å². The Morgan fingerprint density at radius 3 is 2.86 bits per heavy atom. The Balaban J connectivity index is 2.63. The molecule has 78 valence electrons. The van der Waals surface area contributed by atoms with Crippen molar-refractivity contribution in [3.63, 3.8) is 0 Å². The van der Waals surface area contributed by atoms with Crippen molar-refractivity contribution in [2.75, 3.05) is 19.0 Å². The molecule has 1 aromatic carbocycles. The average Bonchev–Trinajstić information content (AvgIpc) is 2.12. The molecule has 2 nitrogen and oxygen atoms in total. The van der Waals surface area contributed by atoms with Crippen LogP contribution in [-0.4, -0.2) is 19.8 Å². The van der Waals surface area contributed by atoms with E-state index in [1.54, 1.807) is 7.11 Å². The summed E-state index contributed by atoms with van der Waals surface area (Å²) in [6.07, 6.45) is 0. The van der Waals surface area contributed by atoms with E-state index in [1.807, 2.05) is 18.2 Å². The van der Waals surface area contributed by atoms with Gasteiger partial charge in [-0.1, -0.05) is 11.6 Å². The van der Waals surface area contributed by atoms with Gasteiger partial charge in [-0.3, -0.25) is 0 Å². The zero-order valence-corrected chi connectivity index (χ0v) is 10.5. The molecule has 0 spiro atoms. The smallest absolute Gasteiger partial charge is 0.0661 e. The number of anilines is 1. The third-order valence-corrected chi connectivity index (χ3v) is 2.96. The molecule has 0 radical (unpaired) electrons. The van der Waals surface area contributed by atoms with Crippen LogP contribution in [0, 0.1) is 0 Å². The summed E-state index contributed by atoms with van der Waals surface area (Å²) in [4.78, 5) is 0. The summed E-state index contributed by atoms with van der Waals surface area (Å²) in [5.74, 6) is 0. The molecule has 1 rings (SSSR count). The molecule has 0 heterocycles. The highest BCUT2D eigenvalue weighted by Gasteiger charge is 2.02. The largest absolute Gasteiger partial charge is 0.383 e. The van der Waals surface area contributed by atoms with Crippen molar-refractivity contribution >= 4 is 33.2 Å². The molecular weight excluding hydrogens is 265 g/mol. The molecule has 0 amide bonds. The lowest BCUT2D eigenvalue weighted by molar-refractivity contribution is 0.190. The maximum atomic E-state index is 5.88. The molecule has 0 aliphatic rings. The molecule has 0 saturated heterocycles. The number of hydrogen-bond acceptors (Lipinski definition) is 2. The van der Waals surface area contributed by atoms with Crippen molar-refractivity contribution in [3.8, 4) is 0 Å². The minimum atomic E-state index is 0.285. The van der Waals surface area contributed by atoms with Crippen LogP contribution < -0.4 is 5.32 Å². The fourth-order valence-corrected chi connectivity index (χ4v) is 1.66. The summed E-state index contributed by atoms with van der Waals surface area (Å²) in [7, 11) is 1.69. The number of benzene rings is 1. The topological polar surface area (TPSA) is 21.3 Å². The minimum absolute atomic E-state index is 0.285. The van der Waals surface area contributed by atoms with Gasteiger partial charge in [-0.15, -0.1) is 0 Å². The van der Waals surface area contributed by atoms with Gasteiger partial charge in [-0.05, 0) is 41.1 Å². The van der Waals surface area contributed by atoms with Gasteiger partial charge in [-0.25, -0.2) is 0 Å². The van der Waals surface area contributed by atoms with Crippen LogP contribution in [0.1, 0.15) is 6.92 Å². The molecular formula is C10H13BrClNO. The number of halogens is 2. The van der Waals surface area contributed by atoms with Gasteiger partial charge in [0.15, 0.2) is 0 Å². The highest BCUT2D eigenvalue weighted by Crippen LogP contribution is 2.25. The van der Waals surface area contributed by atoms with Gasteiger partial charge in [0, 0.05) is 23.3 Å². The summed E-state index contributed by atoms with van der Waals surface area (Å²) in [5.41, 5.74) is 1.03. The average molecular weight is 279 g/mol. The molecule has 4 heteroatoms. The number of methoxy groups -OCH3 is 1. The van der Waals surface area contributed by atoms with Crippen molar-refractivity contribution in [2.45, 2.75) is 13.0 Å². The molecule has 1 N–H and O–H groups in total. The number of ether oxygens (including phenoxy) is 1. The summed E-state index contributed by atoms with van der Waals surface area (Å²) in [6.45, 7) is 2.74. The Morgan fingerprint density at radius 1 is 1.57 bits per heavy atom. The first-order chi connectivity index (χ1) is 6.63. The third kappa shape index (κ3) is 3.48. The maximum absolute atomic E-state index is 5.88. The van der Waals surface area contributed by atoms with Gasteiger partial charge in [0.25, 0.3) is 0 Å². The van der Waals surface area contributed by atoms with Crippen LogP contribution in [0.5, 0.6) is 0 Å². The molecule has 0 fully saturated rings. The lowest BCUT2D eigenvalue weighted by atomic mass is 10.3. The standard InChI is InChI=1S/C10H13BrClNO/c1-7(6-14-2)13-8-3-4-10(12)9(11)5-8/h3-5,7,13H,6H2,1-2H3. The van der Waals surface area contributed by atoms with E-state index in [0.29, 0.717) is 6.61 Å². The van der Waals surface area contributed by atoms with Crippen LogP contribution in [0.4, 0.5) is 5.69 Å². The Labute approximate surface area is 97.7 Å². The molecule has 0 aliphatic heterocycles. The molecule has 0 aliphatic carbocycles. The van der Waals surface area contributed by atoms with Crippen LogP contribution in [0.3, 0.4) is 0 Å². The summed E-state index contributed by atoms with van der Waals surface area (Å²) >= 11 is 9.25. The number of nitrogens with one attached hydrogen (secondary N) is 1. The lowest BCUT2D eigenvalue weighted by Gasteiger charge is -2.14.